The van der Waals surface area contributed by atoms with Crippen LogP contribution in [0.3, 0.4) is 0 Å². The van der Waals surface area contributed by atoms with Gasteiger partial charge in [-0.1, -0.05) is 37.3 Å². The highest BCUT2D eigenvalue weighted by Crippen LogP contribution is 2.63. The normalized spacial score (nSPS) is 33.8. The van der Waals surface area contributed by atoms with Crippen LogP contribution < -0.4 is 10.6 Å². The second-order valence-corrected chi connectivity index (χ2v) is 9.50. The third kappa shape index (κ3) is 3.40. The monoisotopic (exact) mass is 443 g/mol. The zero-order valence-electron chi connectivity index (χ0n) is 19.0. The van der Waals surface area contributed by atoms with E-state index in [0.29, 0.717) is 25.9 Å². The molecule has 0 aromatic heterocycles. The largest absolute Gasteiger partial charge is 0.394 e. The van der Waals surface area contributed by atoms with Gasteiger partial charge < -0.3 is 25.4 Å². The number of likely N-dealkylation sites (tertiary alicyclic amines) is 1. The van der Waals surface area contributed by atoms with Crippen LogP contribution in [0, 0.1) is 11.8 Å². The van der Waals surface area contributed by atoms with Crippen LogP contribution >= 0.6 is 0 Å². The number of hydrogen-bond donors (Lipinski definition) is 3. The van der Waals surface area contributed by atoms with Crippen LogP contribution in [0.4, 0.5) is 0 Å². The lowest BCUT2D eigenvalue weighted by atomic mass is 9.66. The third-order valence-electron chi connectivity index (χ3n) is 7.34. The Morgan fingerprint density at radius 2 is 1.94 bits per heavy atom. The number of carbonyl (C=O) groups is 3. The minimum atomic E-state index is -1.07. The summed E-state index contributed by atoms with van der Waals surface area (Å²) in [5, 5.41) is 15.7. The Labute approximate surface area is 188 Å². The molecule has 8 heteroatoms. The predicted octanol–water partition coefficient (Wildman–Crippen LogP) is 0.975. The number of aliphatic hydroxyl groups is 1. The molecule has 1 aromatic rings. The summed E-state index contributed by atoms with van der Waals surface area (Å²) in [6.45, 7) is 6.14. The molecular formula is C24H33N3O5. The molecule has 1 spiro atoms. The highest BCUT2D eigenvalue weighted by Gasteiger charge is 2.78. The minimum absolute atomic E-state index is 0.198. The van der Waals surface area contributed by atoms with Crippen LogP contribution in [0.5, 0.6) is 0 Å². The summed E-state index contributed by atoms with van der Waals surface area (Å²) in [5.74, 6) is -2.19. The number of hydrogen-bond acceptors (Lipinski definition) is 5. The number of nitrogens with one attached hydrogen (secondary N) is 2. The molecule has 6 atom stereocenters. The Hall–Kier alpha value is -2.45. The van der Waals surface area contributed by atoms with E-state index in [1.807, 2.05) is 44.2 Å². The SMILES string of the molecule is CCCNC(=O)[C@@H]1[C@H]2C(=O)N([C@H](C)CO)C(C(=O)NCc3ccccc3)C23CC[C@@]1(C)O3. The molecule has 0 saturated carbocycles. The van der Waals surface area contributed by atoms with Crippen LogP contribution in [0.15, 0.2) is 30.3 Å². The van der Waals surface area contributed by atoms with E-state index in [4.69, 9.17) is 4.74 Å². The van der Waals surface area contributed by atoms with Crippen molar-refractivity contribution in [3.05, 3.63) is 35.9 Å². The summed E-state index contributed by atoms with van der Waals surface area (Å²) in [5.41, 5.74) is -0.907. The number of aliphatic hydroxyl groups excluding tert-OH is 1. The van der Waals surface area contributed by atoms with E-state index in [2.05, 4.69) is 10.6 Å². The van der Waals surface area contributed by atoms with Gasteiger partial charge in [0.05, 0.1) is 30.1 Å². The third-order valence-corrected chi connectivity index (χ3v) is 7.34. The first-order valence-electron chi connectivity index (χ1n) is 11.5. The summed E-state index contributed by atoms with van der Waals surface area (Å²) in [7, 11) is 0. The van der Waals surface area contributed by atoms with Crippen LogP contribution in [0.2, 0.25) is 0 Å². The zero-order chi connectivity index (χ0) is 23.1. The van der Waals surface area contributed by atoms with Crippen molar-refractivity contribution in [2.24, 2.45) is 11.8 Å². The minimum Gasteiger partial charge on any atom is -0.394 e. The first-order chi connectivity index (χ1) is 15.3. The van der Waals surface area contributed by atoms with E-state index in [0.717, 1.165) is 12.0 Å². The molecule has 174 valence electrons. The average molecular weight is 444 g/mol. The van der Waals surface area contributed by atoms with Crippen molar-refractivity contribution in [1.29, 1.82) is 0 Å². The Balaban J connectivity index is 1.67. The summed E-state index contributed by atoms with van der Waals surface area (Å²) in [4.78, 5) is 41.7. The van der Waals surface area contributed by atoms with E-state index in [1.54, 1.807) is 6.92 Å². The van der Waals surface area contributed by atoms with Crippen molar-refractivity contribution in [2.45, 2.75) is 69.9 Å². The quantitative estimate of drug-likeness (QED) is 0.555. The van der Waals surface area contributed by atoms with Crippen molar-refractivity contribution < 1.29 is 24.2 Å². The van der Waals surface area contributed by atoms with E-state index >= 15 is 0 Å². The highest BCUT2D eigenvalue weighted by molar-refractivity contribution is 5.99. The summed E-state index contributed by atoms with van der Waals surface area (Å²) < 4.78 is 6.50. The smallest absolute Gasteiger partial charge is 0.246 e. The van der Waals surface area contributed by atoms with Gasteiger partial charge in [-0.15, -0.1) is 0 Å². The van der Waals surface area contributed by atoms with Crippen molar-refractivity contribution in [1.82, 2.24) is 15.5 Å². The van der Waals surface area contributed by atoms with Crippen molar-refractivity contribution in [3.8, 4) is 0 Å². The summed E-state index contributed by atoms with van der Waals surface area (Å²) >= 11 is 0. The van der Waals surface area contributed by atoms with Gasteiger partial charge in [0.1, 0.15) is 11.6 Å². The molecule has 32 heavy (non-hydrogen) atoms. The molecule has 3 aliphatic heterocycles. The maximum atomic E-state index is 13.7. The lowest BCUT2D eigenvalue weighted by Crippen LogP contribution is -2.57. The van der Waals surface area contributed by atoms with Crippen LogP contribution in [-0.2, 0) is 25.7 Å². The second-order valence-electron chi connectivity index (χ2n) is 9.50. The first kappa shape index (κ1) is 22.7. The zero-order valence-corrected chi connectivity index (χ0v) is 19.0. The number of carbonyl (C=O) groups excluding carboxylic acids is 3. The topological polar surface area (TPSA) is 108 Å². The van der Waals surface area contributed by atoms with Crippen LogP contribution in [0.1, 0.15) is 45.6 Å². The number of ether oxygens (including phenoxy) is 1. The van der Waals surface area contributed by atoms with E-state index in [9.17, 15) is 19.5 Å². The summed E-state index contributed by atoms with van der Waals surface area (Å²) in [6.07, 6.45) is 1.91. The highest BCUT2D eigenvalue weighted by atomic mass is 16.5. The van der Waals surface area contributed by atoms with Gasteiger partial charge in [-0.25, -0.2) is 0 Å². The van der Waals surface area contributed by atoms with Crippen molar-refractivity contribution >= 4 is 17.7 Å². The van der Waals surface area contributed by atoms with Gasteiger partial charge in [0.25, 0.3) is 0 Å². The molecule has 4 rings (SSSR count). The first-order valence-corrected chi connectivity index (χ1v) is 11.5. The fraction of sp³-hybridized carbons (Fsp3) is 0.625. The molecule has 3 aliphatic rings. The molecule has 0 aliphatic carbocycles. The molecule has 3 N–H and O–H groups in total. The predicted molar refractivity (Wildman–Crippen MR) is 117 cm³/mol. The van der Waals surface area contributed by atoms with Crippen LogP contribution in [0.25, 0.3) is 0 Å². The summed E-state index contributed by atoms with van der Waals surface area (Å²) in [6, 6.07) is 8.09. The van der Waals surface area contributed by atoms with E-state index in [1.165, 1.54) is 4.90 Å². The molecule has 1 aromatic carbocycles. The number of benzene rings is 1. The Morgan fingerprint density at radius 3 is 2.59 bits per heavy atom. The number of fused-ring (bicyclic) bond motifs is 1. The molecule has 2 bridgehead atoms. The fourth-order valence-electron chi connectivity index (χ4n) is 5.87. The van der Waals surface area contributed by atoms with Gasteiger partial charge in [-0.3, -0.25) is 14.4 Å². The number of nitrogens with zero attached hydrogens (tertiary/aromatic N) is 1. The van der Waals surface area contributed by atoms with E-state index < -0.39 is 35.1 Å². The second kappa shape index (κ2) is 8.48. The van der Waals surface area contributed by atoms with Crippen LogP contribution in [-0.4, -0.2) is 64.2 Å². The standard InChI is InChI=1S/C24H33N3O5/c1-4-12-25-20(29)17-18-22(31)27(15(2)14-28)19(24(18)11-10-23(17,3)32-24)21(30)26-13-16-8-6-5-7-9-16/h5-9,15,17-19,28H,4,10-14H2,1-3H3,(H,25,29)(H,26,30)/t15-,17+,18+,19?,23-,24?/m1/s1. The molecule has 3 amide bonds. The molecular weight excluding hydrogens is 410 g/mol. The number of amides is 3. The molecule has 0 radical (unpaired) electrons. The molecule has 2 unspecified atom stereocenters. The van der Waals surface area contributed by atoms with Gasteiger partial charge >= 0.3 is 0 Å². The van der Waals surface area contributed by atoms with Gasteiger partial charge in [-0.05, 0) is 38.7 Å². The van der Waals surface area contributed by atoms with Crippen molar-refractivity contribution in [2.75, 3.05) is 13.2 Å². The average Bonchev–Trinajstić information content (AvgIpc) is 3.36. The molecule has 3 heterocycles. The molecule has 3 fully saturated rings. The Bertz CT molecular complexity index is 893. The maximum absolute atomic E-state index is 13.7. The lowest BCUT2D eigenvalue weighted by Gasteiger charge is -2.35. The van der Waals surface area contributed by atoms with Gasteiger partial charge in [0.15, 0.2) is 0 Å². The molecule has 8 nitrogen and oxygen atoms in total. The lowest BCUT2D eigenvalue weighted by molar-refractivity contribution is -0.149. The fourth-order valence-corrected chi connectivity index (χ4v) is 5.87. The van der Waals surface area contributed by atoms with Gasteiger partial charge in [0.2, 0.25) is 17.7 Å². The Morgan fingerprint density at radius 1 is 1.22 bits per heavy atom. The van der Waals surface area contributed by atoms with Gasteiger partial charge in [0, 0.05) is 13.1 Å². The Kier molecular flexibility index (Phi) is 6.02. The molecule has 3 saturated heterocycles. The van der Waals surface area contributed by atoms with Gasteiger partial charge in [-0.2, -0.15) is 0 Å². The van der Waals surface area contributed by atoms with E-state index in [-0.39, 0.29) is 24.3 Å². The maximum Gasteiger partial charge on any atom is 0.246 e. The van der Waals surface area contributed by atoms with Crippen molar-refractivity contribution in [3.63, 3.8) is 0 Å². The number of rotatable bonds is 8.